The van der Waals surface area contributed by atoms with E-state index in [1.54, 1.807) is 0 Å². The highest BCUT2D eigenvalue weighted by molar-refractivity contribution is 9.09. The van der Waals surface area contributed by atoms with Gasteiger partial charge in [0, 0.05) is 5.33 Å². The molecular formula is C10H18BrF5S. The normalized spacial score (nSPS) is 17.1. The second-order valence-corrected chi connectivity index (χ2v) is 7.12. The maximum Gasteiger partial charge on any atom is 0.304 e. The predicted octanol–water partition coefficient (Wildman–Crippen LogP) is 6.92. The number of rotatable bonds is 9. The van der Waals surface area contributed by atoms with Gasteiger partial charge in [-0.1, -0.05) is 67.1 Å². The van der Waals surface area contributed by atoms with E-state index in [0.29, 0.717) is 12.5 Å². The average molecular weight is 345 g/mol. The van der Waals surface area contributed by atoms with Crippen molar-refractivity contribution >= 4 is 26.2 Å². The van der Waals surface area contributed by atoms with Gasteiger partial charge in [-0.2, -0.15) is 0 Å². The second kappa shape index (κ2) is 5.91. The predicted molar refractivity (Wildman–Crippen MR) is 68.4 cm³/mol. The zero-order valence-corrected chi connectivity index (χ0v) is 11.9. The summed E-state index contributed by atoms with van der Waals surface area (Å²) < 4.78 is 59.2. The third kappa shape index (κ3) is 16.2. The Balaban J connectivity index is 3.57. The van der Waals surface area contributed by atoms with E-state index in [4.69, 9.17) is 0 Å². The third-order valence-electron chi connectivity index (χ3n) is 2.11. The van der Waals surface area contributed by atoms with Gasteiger partial charge in [-0.25, -0.2) is 0 Å². The first-order chi connectivity index (χ1) is 7.54. The van der Waals surface area contributed by atoms with Gasteiger partial charge in [0.2, 0.25) is 0 Å². The van der Waals surface area contributed by atoms with E-state index in [1.807, 2.05) is 0 Å². The number of allylic oxidation sites excluding steroid dienone is 1. The average Bonchev–Trinajstić information content (AvgIpc) is 2.11. The molecule has 0 aromatic heterocycles. The summed E-state index contributed by atoms with van der Waals surface area (Å²) in [7, 11) is -9.32. The molecule has 0 spiro atoms. The van der Waals surface area contributed by atoms with Crippen molar-refractivity contribution in [1.29, 1.82) is 0 Å². The van der Waals surface area contributed by atoms with Gasteiger partial charge in [-0.05, 0) is 19.3 Å². The van der Waals surface area contributed by atoms with E-state index < -0.39 is 15.6 Å². The summed E-state index contributed by atoms with van der Waals surface area (Å²) in [5.41, 5.74) is 0. The van der Waals surface area contributed by atoms with Gasteiger partial charge in [0.25, 0.3) is 0 Å². The number of unbranched alkanes of at least 4 members (excludes halogenated alkanes) is 6. The Hall–Kier alpha value is 0.220. The second-order valence-electron chi connectivity index (χ2n) is 4.00. The summed E-state index contributed by atoms with van der Waals surface area (Å²) >= 11 is 3.30. The Kier molecular flexibility index (Phi) is 5.98. The highest BCUT2D eigenvalue weighted by Crippen LogP contribution is 2.98. The molecule has 7 heteroatoms. The van der Waals surface area contributed by atoms with Crippen molar-refractivity contribution in [3.8, 4) is 0 Å². The van der Waals surface area contributed by atoms with E-state index in [9.17, 15) is 19.4 Å². The molecule has 0 saturated heterocycles. The molecule has 0 unspecified atom stereocenters. The lowest BCUT2D eigenvalue weighted by molar-refractivity contribution is 0.384. The van der Waals surface area contributed by atoms with E-state index in [2.05, 4.69) is 15.9 Å². The highest BCUT2D eigenvalue weighted by Gasteiger charge is 2.60. The number of hydrogen-bond acceptors (Lipinski definition) is 0. The Bertz CT molecular complexity index is 245. The number of halogens is 6. The van der Waals surface area contributed by atoms with Crippen molar-refractivity contribution in [1.82, 2.24) is 0 Å². The summed E-state index contributed by atoms with van der Waals surface area (Å²) in [6, 6.07) is 0. The van der Waals surface area contributed by atoms with E-state index in [0.717, 1.165) is 37.4 Å². The first kappa shape index (κ1) is 17.2. The summed E-state index contributed by atoms with van der Waals surface area (Å²) in [5, 5.41) is 0.116. The maximum atomic E-state index is 11.8. The fourth-order valence-electron chi connectivity index (χ4n) is 1.31. The molecule has 0 N–H and O–H groups in total. The lowest BCUT2D eigenvalue weighted by Crippen LogP contribution is -1.98. The molecule has 106 valence electrons. The minimum absolute atomic E-state index is 0.0596. The van der Waals surface area contributed by atoms with Crippen LogP contribution in [0.4, 0.5) is 19.4 Å². The molecule has 0 aromatic rings. The smallest absolute Gasteiger partial charge is 0.0942 e. The number of alkyl halides is 1. The van der Waals surface area contributed by atoms with Crippen molar-refractivity contribution in [2.75, 3.05) is 5.33 Å². The van der Waals surface area contributed by atoms with Gasteiger partial charge >= 0.3 is 10.2 Å². The van der Waals surface area contributed by atoms with Crippen LogP contribution in [0.1, 0.15) is 44.9 Å². The van der Waals surface area contributed by atoms with Gasteiger partial charge in [-0.3, -0.25) is 0 Å². The largest absolute Gasteiger partial charge is 0.304 e. The summed E-state index contributed by atoms with van der Waals surface area (Å²) in [5.74, 6) is 0. The minimum atomic E-state index is -9.32. The Morgan fingerprint density at radius 3 is 1.71 bits per heavy atom. The van der Waals surface area contributed by atoms with Crippen molar-refractivity contribution in [2.45, 2.75) is 44.9 Å². The summed E-state index contributed by atoms with van der Waals surface area (Å²) in [6.07, 6.45) is 6.07. The quantitative estimate of drug-likeness (QED) is 0.242. The molecule has 0 aliphatic rings. The standard InChI is InChI=1S/C10H18BrF5S/c11-9-7-5-3-1-2-4-6-8-10-17(12,13,14,15)16/h8,10H,1-7,9H2/b10-8+. The molecule has 0 aliphatic carbocycles. The monoisotopic (exact) mass is 344 g/mol. The molecule has 0 aromatic carbocycles. The summed E-state index contributed by atoms with van der Waals surface area (Å²) in [6.45, 7) is 0. The molecule has 0 saturated carbocycles. The van der Waals surface area contributed by atoms with Gasteiger partial charge in [0.1, 0.15) is 0 Å². The highest BCUT2D eigenvalue weighted by atomic mass is 79.9. The van der Waals surface area contributed by atoms with Crippen molar-refractivity contribution in [2.24, 2.45) is 0 Å². The number of hydrogen-bond donors (Lipinski definition) is 0. The van der Waals surface area contributed by atoms with Gasteiger partial charge in [0.05, 0.1) is 5.41 Å². The van der Waals surface area contributed by atoms with E-state index in [-0.39, 0.29) is 6.42 Å². The maximum absolute atomic E-state index is 11.8. The fraction of sp³-hybridized carbons (Fsp3) is 0.800. The van der Waals surface area contributed by atoms with Gasteiger partial charge in [0.15, 0.2) is 0 Å². The molecule has 0 nitrogen and oxygen atoms in total. The van der Waals surface area contributed by atoms with Crippen molar-refractivity contribution in [3.05, 3.63) is 11.5 Å². The van der Waals surface area contributed by atoms with Crippen LogP contribution in [0, 0.1) is 0 Å². The van der Waals surface area contributed by atoms with Crippen LogP contribution in [-0.4, -0.2) is 5.33 Å². The Morgan fingerprint density at radius 2 is 1.24 bits per heavy atom. The lowest BCUT2D eigenvalue weighted by Gasteiger charge is -2.36. The molecule has 0 amide bonds. The van der Waals surface area contributed by atoms with Gasteiger partial charge < -0.3 is 0 Å². The minimum Gasteiger partial charge on any atom is -0.0942 e. The molecule has 0 aliphatic heterocycles. The lowest BCUT2D eigenvalue weighted by atomic mass is 10.1. The van der Waals surface area contributed by atoms with E-state index >= 15 is 0 Å². The van der Waals surface area contributed by atoms with Crippen molar-refractivity contribution in [3.63, 3.8) is 0 Å². The van der Waals surface area contributed by atoms with Crippen LogP contribution in [0.2, 0.25) is 0 Å². The van der Waals surface area contributed by atoms with Crippen LogP contribution in [0.3, 0.4) is 0 Å². The van der Waals surface area contributed by atoms with E-state index in [1.165, 1.54) is 0 Å². The molecule has 0 rings (SSSR count). The first-order valence-corrected chi connectivity index (χ1v) is 8.65. The molecule has 17 heavy (non-hydrogen) atoms. The SMILES string of the molecule is FS(F)(F)(F)(F)/C=C/CCCCCCCCBr. The Morgan fingerprint density at radius 1 is 0.765 bits per heavy atom. The molecule has 0 heterocycles. The van der Waals surface area contributed by atoms with Crippen LogP contribution in [0.5, 0.6) is 0 Å². The van der Waals surface area contributed by atoms with Crippen LogP contribution in [0.15, 0.2) is 11.5 Å². The zero-order chi connectivity index (χ0) is 13.5. The first-order valence-electron chi connectivity index (χ1n) is 5.52. The van der Waals surface area contributed by atoms with Gasteiger partial charge in [-0.15, -0.1) is 0 Å². The topological polar surface area (TPSA) is 0 Å². The molecule has 0 fully saturated rings. The zero-order valence-electron chi connectivity index (χ0n) is 9.49. The molecule has 0 atom stereocenters. The molecular weight excluding hydrogens is 327 g/mol. The van der Waals surface area contributed by atoms with Crippen LogP contribution in [0.25, 0.3) is 0 Å². The molecule has 0 bridgehead atoms. The van der Waals surface area contributed by atoms with Crippen molar-refractivity contribution < 1.29 is 19.4 Å². The molecule has 0 radical (unpaired) electrons. The Labute approximate surface area is 108 Å². The van der Waals surface area contributed by atoms with Crippen LogP contribution in [-0.2, 0) is 0 Å². The van der Waals surface area contributed by atoms with Crippen LogP contribution >= 0.6 is 26.2 Å². The summed E-state index contributed by atoms with van der Waals surface area (Å²) in [4.78, 5) is 0. The van der Waals surface area contributed by atoms with Crippen LogP contribution < -0.4 is 0 Å². The fourth-order valence-corrected chi connectivity index (χ4v) is 2.21. The third-order valence-corrected chi connectivity index (χ3v) is 3.38.